The van der Waals surface area contributed by atoms with E-state index in [-0.39, 0.29) is 0 Å². The van der Waals surface area contributed by atoms with E-state index in [0.29, 0.717) is 6.42 Å². The summed E-state index contributed by atoms with van der Waals surface area (Å²) in [5.74, 6) is -0.767. The molecule has 0 aliphatic heterocycles. The third-order valence-electron chi connectivity index (χ3n) is 2.50. The summed E-state index contributed by atoms with van der Waals surface area (Å²) >= 11 is 0. The topological polar surface area (TPSA) is 67.2 Å². The van der Waals surface area contributed by atoms with E-state index in [4.69, 9.17) is 5.11 Å². The third kappa shape index (κ3) is 4.44. The Labute approximate surface area is 95.5 Å². The zero-order chi connectivity index (χ0) is 11.8. The maximum atomic E-state index is 10.7. The second-order valence-corrected chi connectivity index (χ2v) is 3.76. The molecule has 1 unspecified atom stereocenters. The minimum Gasteiger partial charge on any atom is -0.480 e. The van der Waals surface area contributed by atoms with Crippen molar-refractivity contribution < 1.29 is 9.90 Å². The number of hydrogen-bond acceptors (Lipinski definition) is 3. The van der Waals surface area contributed by atoms with Gasteiger partial charge in [-0.1, -0.05) is 6.92 Å². The van der Waals surface area contributed by atoms with Crippen LogP contribution in [0.5, 0.6) is 0 Å². The molecule has 0 aliphatic rings. The fourth-order valence-corrected chi connectivity index (χ4v) is 1.52. The van der Waals surface area contributed by atoms with E-state index < -0.39 is 12.0 Å². The van der Waals surface area contributed by atoms with E-state index in [1.807, 2.05) is 17.7 Å². The van der Waals surface area contributed by atoms with Gasteiger partial charge in [-0.15, -0.1) is 0 Å². The van der Waals surface area contributed by atoms with Crippen LogP contribution >= 0.6 is 0 Å². The minimum atomic E-state index is -0.767. The van der Waals surface area contributed by atoms with Gasteiger partial charge in [0.25, 0.3) is 0 Å². The molecule has 0 bridgehead atoms. The maximum absolute atomic E-state index is 10.7. The molecular formula is C11H19N3O2. The molecule has 1 aromatic heterocycles. The molecule has 5 nitrogen and oxygen atoms in total. The lowest BCUT2D eigenvalue weighted by Crippen LogP contribution is -2.36. The number of unbranched alkanes of at least 4 members (excludes halogenated alkanes) is 1. The Balaban J connectivity index is 2.05. The average Bonchev–Trinajstić information content (AvgIpc) is 2.75. The van der Waals surface area contributed by atoms with E-state index >= 15 is 0 Å². The number of nitrogens with zero attached hydrogens (tertiary/aromatic N) is 2. The van der Waals surface area contributed by atoms with Crippen molar-refractivity contribution in [2.45, 2.75) is 38.8 Å². The Morgan fingerprint density at radius 3 is 2.94 bits per heavy atom. The van der Waals surface area contributed by atoms with E-state index in [1.54, 1.807) is 12.5 Å². The first kappa shape index (κ1) is 12.7. The Morgan fingerprint density at radius 2 is 2.38 bits per heavy atom. The number of aryl methyl sites for hydroxylation is 1. The van der Waals surface area contributed by atoms with E-state index in [2.05, 4.69) is 10.3 Å². The number of aliphatic carboxylic acids is 1. The van der Waals surface area contributed by atoms with Gasteiger partial charge in [0, 0.05) is 18.9 Å². The van der Waals surface area contributed by atoms with Crippen LogP contribution in [0.3, 0.4) is 0 Å². The largest absolute Gasteiger partial charge is 0.480 e. The molecule has 0 saturated carbocycles. The predicted molar refractivity (Wildman–Crippen MR) is 61.2 cm³/mol. The van der Waals surface area contributed by atoms with Gasteiger partial charge < -0.3 is 15.0 Å². The quantitative estimate of drug-likeness (QED) is 0.650. The van der Waals surface area contributed by atoms with Gasteiger partial charge >= 0.3 is 5.97 Å². The SMILES string of the molecule is CCC(NCCCCn1ccnc1)C(=O)O. The van der Waals surface area contributed by atoms with Gasteiger partial charge in [0.15, 0.2) is 0 Å². The zero-order valence-corrected chi connectivity index (χ0v) is 9.59. The van der Waals surface area contributed by atoms with Gasteiger partial charge in [-0.25, -0.2) is 4.98 Å². The molecule has 0 radical (unpaired) electrons. The highest BCUT2D eigenvalue weighted by molar-refractivity contribution is 5.73. The van der Waals surface area contributed by atoms with E-state index in [9.17, 15) is 4.79 Å². The van der Waals surface area contributed by atoms with Crippen LogP contribution in [0.1, 0.15) is 26.2 Å². The second-order valence-electron chi connectivity index (χ2n) is 3.76. The van der Waals surface area contributed by atoms with Crippen LogP contribution in [0.15, 0.2) is 18.7 Å². The molecule has 0 aromatic carbocycles. The lowest BCUT2D eigenvalue weighted by molar-refractivity contribution is -0.139. The van der Waals surface area contributed by atoms with Crippen LogP contribution in [0, 0.1) is 0 Å². The monoisotopic (exact) mass is 225 g/mol. The molecule has 0 amide bonds. The predicted octanol–water partition coefficient (Wildman–Crippen LogP) is 1.12. The number of hydrogen-bond donors (Lipinski definition) is 2. The van der Waals surface area contributed by atoms with Crippen molar-refractivity contribution in [3.05, 3.63) is 18.7 Å². The molecule has 1 rings (SSSR count). The summed E-state index contributed by atoms with van der Waals surface area (Å²) in [5, 5.41) is 11.8. The van der Waals surface area contributed by atoms with Crippen molar-refractivity contribution in [2.24, 2.45) is 0 Å². The number of aromatic nitrogens is 2. The second kappa shape index (κ2) is 7.00. The van der Waals surface area contributed by atoms with Crippen molar-refractivity contribution in [1.29, 1.82) is 0 Å². The van der Waals surface area contributed by atoms with Crippen molar-refractivity contribution in [3.63, 3.8) is 0 Å². The van der Waals surface area contributed by atoms with Gasteiger partial charge in [-0.2, -0.15) is 0 Å². The summed E-state index contributed by atoms with van der Waals surface area (Å²) in [6.07, 6.45) is 8.10. The molecule has 1 atom stereocenters. The van der Waals surface area contributed by atoms with Crippen LogP contribution < -0.4 is 5.32 Å². The number of rotatable bonds is 8. The summed E-state index contributed by atoms with van der Waals surface area (Å²) in [6.45, 7) is 3.56. The lowest BCUT2D eigenvalue weighted by Gasteiger charge is -2.11. The summed E-state index contributed by atoms with van der Waals surface area (Å²) in [7, 11) is 0. The molecule has 0 fully saturated rings. The molecule has 0 aliphatic carbocycles. The lowest BCUT2D eigenvalue weighted by atomic mass is 10.2. The van der Waals surface area contributed by atoms with Crippen LogP contribution in [0.25, 0.3) is 0 Å². The molecule has 2 N–H and O–H groups in total. The fourth-order valence-electron chi connectivity index (χ4n) is 1.52. The van der Waals surface area contributed by atoms with Crippen LogP contribution in [0.4, 0.5) is 0 Å². The van der Waals surface area contributed by atoms with Crippen molar-refractivity contribution in [2.75, 3.05) is 6.54 Å². The maximum Gasteiger partial charge on any atom is 0.320 e. The molecule has 0 spiro atoms. The Hall–Kier alpha value is -1.36. The molecule has 90 valence electrons. The molecule has 1 aromatic rings. The zero-order valence-electron chi connectivity index (χ0n) is 9.59. The molecule has 5 heteroatoms. The molecule has 0 saturated heterocycles. The molecule has 1 heterocycles. The summed E-state index contributed by atoms with van der Waals surface area (Å²) in [6, 6.07) is -0.409. The summed E-state index contributed by atoms with van der Waals surface area (Å²) in [5.41, 5.74) is 0. The first-order valence-corrected chi connectivity index (χ1v) is 5.66. The minimum absolute atomic E-state index is 0.409. The number of nitrogens with one attached hydrogen (secondary N) is 1. The van der Waals surface area contributed by atoms with Gasteiger partial charge in [0.1, 0.15) is 6.04 Å². The number of carboxylic acids is 1. The van der Waals surface area contributed by atoms with Crippen LogP contribution in [0.2, 0.25) is 0 Å². The van der Waals surface area contributed by atoms with E-state index in [1.165, 1.54) is 0 Å². The average molecular weight is 225 g/mol. The standard InChI is InChI=1S/C11H19N3O2/c1-2-10(11(15)16)13-5-3-4-7-14-8-6-12-9-14/h6,8-10,13H,2-5,7H2,1H3,(H,15,16). The highest BCUT2D eigenvalue weighted by Gasteiger charge is 2.12. The third-order valence-corrected chi connectivity index (χ3v) is 2.50. The van der Waals surface area contributed by atoms with Crippen LogP contribution in [-0.4, -0.2) is 33.2 Å². The van der Waals surface area contributed by atoms with Crippen LogP contribution in [-0.2, 0) is 11.3 Å². The highest BCUT2D eigenvalue weighted by Crippen LogP contribution is 1.96. The highest BCUT2D eigenvalue weighted by atomic mass is 16.4. The first-order valence-electron chi connectivity index (χ1n) is 5.66. The summed E-state index contributed by atoms with van der Waals surface area (Å²) < 4.78 is 2.02. The van der Waals surface area contributed by atoms with Gasteiger partial charge in [0.05, 0.1) is 6.33 Å². The number of carbonyl (C=O) groups is 1. The summed E-state index contributed by atoms with van der Waals surface area (Å²) in [4.78, 5) is 14.7. The normalized spacial score (nSPS) is 12.6. The Morgan fingerprint density at radius 1 is 1.56 bits per heavy atom. The van der Waals surface area contributed by atoms with E-state index in [0.717, 1.165) is 25.9 Å². The van der Waals surface area contributed by atoms with Crippen molar-refractivity contribution in [1.82, 2.24) is 14.9 Å². The van der Waals surface area contributed by atoms with Crippen molar-refractivity contribution in [3.8, 4) is 0 Å². The number of carboxylic acid groups (broad SMARTS) is 1. The smallest absolute Gasteiger partial charge is 0.320 e. The fraction of sp³-hybridized carbons (Fsp3) is 0.636. The van der Waals surface area contributed by atoms with Gasteiger partial charge in [-0.3, -0.25) is 4.79 Å². The Kier molecular flexibility index (Phi) is 5.56. The van der Waals surface area contributed by atoms with Gasteiger partial charge in [0.2, 0.25) is 0 Å². The Bertz CT molecular complexity index is 298. The molecular weight excluding hydrogens is 206 g/mol. The number of imidazole rings is 1. The molecule has 16 heavy (non-hydrogen) atoms. The van der Waals surface area contributed by atoms with Gasteiger partial charge in [-0.05, 0) is 25.8 Å². The first-order chi connectivity index (χ1) is 7.74. The van der Waals surface area contributed by atoms with Crippen molar-refractivity contribution >= 4 is 5.97 Å².